The fourth-order valence-electron chi connectivity index (χ4n) is 3.51. The molecular formula is C22H22F2N4OS. The Hall–Kier alpha value is -2.58. The number of benzene rings is 2. The molecule has 0 atom stereocenters. The lowest BCUT2D eigenvalue weighted by molar-refractivity contribution is -0.113. The van der Waals surface area contributed by atoms with E-state index in [4.69, 9.17) is 9.98 Å². The minimum atomic E-state index is -0.997. The number of nitrogens with one attached hydrogen (secondary N) is 1. The van der Waals surface area contributed by atoms with Crippen LogP contribution in [-0.4, -0.2) is 53.1 Å². The van der Waals surface area contributed by atoms with Gasteiger partial charge in [-0.15, -0.1) is 0 Å². The summed E-state index contributed by atoms with van der Waals surface area (Å²) >= 11 is 1.32. The van der Waals surface area contributed by atoms with Gasteiger partial charge in [0, 0.05) is 43.2 Å². The van der Waals surface area contributed by atoms with Crippen molar-refractivity contribution in [3.8, 4) is 0 Å². The Morgan fingerprint density at radius 2 is 1.83 bits per heavy atom. The highest BCUT2D eigenvalue weighted by Crippen LogP contribution is 2.35. The smallest absolute Gasteiger partial charge is 0.234 e. The Morgan fingerprint density at radius 1 is 1.10 bits per heavy atom. The summed E-state index contributed by atoms with van der Waals surface area (Å²) in [7, 11) is 2.09. The lowest BCUT2D eigenvalue weighted by Crippen LogP contribution is -2.39. The van der Waals surface area contributed by atoms with Gasteiger partial charge in [-0.2, -0.15) is 0 Å². The molecule has 1 saturated heterocycles. The number of carbonyl (C=O) groups is 1. The zero-order valence-electron chi connectivity index (χ0n) is 16.6. The number of aliphatic imine (C=N–C) groups is 2. The van der Waals surface area contributed by atoms with Crippen molar-refractivity contribution < 1.29 is 13.6 Å². The minimum absolute atomic E-state index is 0.0969. The van der Waals surface area contributed by atoms with Crippen LogP contribution < -0.4 is 5.32 Å². The molecule has 2 aliphatic rings. The molecule has 0 unspecified atom stereocenters. The van der Waals surface area contributed by atoms with E-state index < -0.39 is 17.3 Å². The number of amides is 1. The highest BCUT2D eigenvalue weighted by Gasteiger charge is 2.39. The molecule has 4 rings (SSSR count). The van der Waals surface area contributed by atoms with Crippen molar-refractivity contribution in [3.05, 3.63) is 65.7 Å². The van der Waals surface area contributed by atoms with Crippen molar-refractivity contribution in [2.24, 2.45) is 9.98 Å². The van der Waals surface area contributed by atoms with Crippen LogP contribution in [0.3, 0.4) is 0 Å². The third-order valence-corrected chi connectivity index (χ3v) is 6.18. The molecule has 8 heteroatoms. The number of piperidine rings is 1. The van der Waals surface area contributed by atoms with Gasteiger partial charge in [0.2, 0.25) is 5.91 Å². The largest absolute Gasteiger partial charge is 0.325 e. The standard InChI is InChI=1S/C22H22F2N4OS/c1-28-11-9-22(10-12-28)26-20(15-5-3-2-4-6-15)21(27-22)30-14-19(29)25-16-7-8-17(23)18(24)13-16/h2-8,13H,9-12,14H2,1H3,(H,25,29). The normalized spacial score (nSPS) is 18.2. The van der Waals surface area contributed by atoms with Crippen LogP contribution in [0.1, 0.15) is 18.4 Å². The number of carbonyl (C=O) groups excluding carboxylic acids is 1. The van der Waals surface area contributed by atoms with E-state index in [2.05, 4.69) is 17.3 Å². The molecule has 1 fully saturated rings. The number of hydrogen-bond donors (Lipinski definition) is 1. The zero-order chi connectivity index (χ0) is 21.1. The number of likely N-dealkylation sites (tertiary alicyclic amines) is 1. The first-order valence-corrected chi connectivity index (χ1v) is 10.7. The topological polar surface area (TPSA) is 57.1 Å². The quantitative estimate of drug-likeness (QED) is 0.802. The van der Waals surface area contributed by atoms with Crippen LogP contribution in [-0.2, 0) is 4.79 Å². The van der Waals surface area contributed by atoms with Crippen LogP contribution in [0.4, 0.5) is 14.5 Å². The van der Waals surface area contributed by atoms with Crippen LogP contribution in [0.15, 0.2) is 58.5 Å². The molecule has 0 saturated carbocycles. The van der Waals surface area contributed by atoms with E-state index in [1.165, 1.54) is 17.8 Å². The molecule has 0 bridgehead atoms. The van der Waals surface area contributed by atoms with Crippen LogP contribution in [0.2, 0.25) is 0 Å². The van der Waals surface area contributed by atoms with Crippen molar-refractivity contribution in [3.63, 3.8) is 0 Å². The van der Waals surface area contributed by atoms with E-state index in [1.54, 1.807) is 0 Å². The fraction of sp³-hybridized carbons (Fsp3) is 0.318. The third kappa shape index (κ3) is 4.60. The van der Waals surface area contributed by atoms with E-state index in [1.807, 2.05) is 30.3 Å². The lowest BCUT2D eigenvalue weighted by atomic mass is 9.99. The average Bonchev–Trinajstić information content (AvgIpc) is 3.11. The minimum Gasteiger partial charge on any atom is -0.325 e. The summed E-state index contributed by atoms with van der Waals surface area (Å²) in [5.74, 6) is -2.16. The fourth-order valence-corrected chi connectivity index (χ4v) is 4.39. The Balaban J connectivity index is 1.48. The average molecular weight is 429 g/mol. The monoisotopic (exact) mass is 428 g/mol. The SMILES string of the molecule is CN1CCC2(CC1)N=C(SCC(=O)Nc1ccc(F)c(F)c1)C(c1ccccc1)=N2. The highest BCUT2D eigenvalue weighted by atomic mass is 32.2. The molecule has 1 spiro atoms. The summed E-state index contributed by atoms with van der Waals surface area (Å²) in [4.78, 5) is 24.6. The first-order valence-electron chi connectivity index (χ1n) is 9.76. The second kappa shape index (κ2) is 8.65. The summed E-state index contributed by atoms with van der Waals surface area (Å²) in [5.41, 5.74) is 1.54. The van der Waals surface area contributed by atoms with Crippen molar-refractivity contribution in [1.29, 1.82) is 0 Å². The van der Waals surface area contributed by atoms with Crippen molar-refractivity contribution in [2.45, 2.75) is 18.5 Å². The van der Waals surface area contributed by atoms with Crippen LogP contribution in [0, 0.1) is 11.6 Å². The van der Waals surface area contributed by atoms with E-state index in [0.717, 1.165) is 54.4 Å². The zero-order valence-corrected chi connectivity index (χ0v) is 17.4. The molecule has 1 N–H and O–H groups in total. The maximum atomic E-state index is 13.4. The second-order valence-electron chi connectivity index (χ2n) is 7.49. The molecular weight excluding hydrogens is 406 g/mol. The molecule has 0 aromatic heterocycles. The third-order valence-electron chi connectivity index (χ3n) is 5.21. The maximum absolute atomic E-state index is 13.4. The van der Waals surface area contributed by atoms with Crippen LogP contribution in [0.25, 0.3) is 0 Å². The number of rotatable bonds is 4. The summed E-state index contributed by atoms with van der Waals surface area (Å²) in [6.45, 7) is 1.84. The summed E-state index contributed by atoms with van der Waals surface area (Å²) in [5, 5.41) is 3.34. The molecule has 5 nitrogen and oxygen atoms in total. The number of anilines is 1. The van der Waals surface area contributed by atoms with Gasteiger partial charge < -0.3 is 10.2 Å². The summed E-state index contributed by atoms with van der Waals surface area (Å²) < 4.78 is 26.4. The van der Waals surface area contributed by atoms with Gasteiger partial charge in [-0.3, -0.25) is 9.79 Å². The Labute approximate surface area is 178 Å². The Bertz CT molecular complexity index is 1000. The van der Waals surface area contributed by atoms with Crippen molar-refractivity contribution >= 4 is 34.1 Å². The maximum Gasteiger partial charge on any atom is 0.234 e. The van der Waals surface area contributed by atoms with E-state index in [-0.39, 0.29) is 17.3 Å². The van der Waals surface area contributed by atoms with Gasteiger partial charge in [0.1, 0.15) is 5.04 Å². The number of thioether (sulfide) groups is 1. The number of nitrogens with zero attached hydrogens (tertiary/aromatic N) is 3. The first-order chi connectivity index (χ1) is 14.4. The summed E-state index contributed by atoms with van der Waals surface area (Å²) in [6, 6.07) is 13.1. The summed E-state index contributed by atoms with van der Waals surface area (Å²) in [6.07, 6.45) is 1.68. The first kappa shape index (κ1) is 20.7. The van der Waals surface area contributed by atoms with Gasteiger partial charge in [0.25, 0.3) is 0 Å². The number of halogens is 2. The van der Waals surface area contributed by atoms with Crippen molar-refractivity contribution in [1.82, 2.24) is 4.90 Å². The van der Waals surface area contributed by atoms with Gasteiger partial charge in [-0.1, -0.05) is 42.1 Å². The number of hydrogen-bond acceptors (Lipinski definition) is 5. The molecule has 156 valence electrons. The Morgan fingerprint density at radius 3 is 2.53 bits per heavy atom. The van der Waals surface area contributed by atoms with Gasteiger partial charge in [0.15, 0.2) is 17.3 Å². The second-order valence-corrected chi connectivity index (χ2v) is 8.46. The van der Waals surface area contributed by atoms with Gasteiger partial charge >= 0.3 is 0 Å². The molecule has 2 aromatic rings. The van der Waals surface area contributed by atoms with Crippen LogP contribution in [0.5, 0.6) is 0 Å². The van der Waals surface area contributed by atoms with Gasteiger partial charge in [-0.25, -0.2) is 13.8 Å². The molecule has 0 aliphatic carbocycles. The molecule has 2 aliphatic heterocycles. The highest BCUT2D eigenvalue weighted by molar-refractivity contribution is 8.16. The Kier molecular flexibility index (Phi) is 5.97. The van der Waals surface area contributed by atoms with E-state index in [9.17, 15) is 13.6 Å². The predicted octanol–water partition coefficient (Wildman–Crippen LogP) is 3.96. The van der Waals surface area contributed by atoms with Gasteiger partial charge in [-0.05, 0) is 19.2 Å². The predicted molar refractivity (Wildman–Crippen MR) is 117 cm³/mol. The van der Waals surface area contributed by atoms with E-state index >= 15 is 0 Å². The van der Waals surface area contributed by atoms with Crippen LogP contribution >= 0.6 is 11.8 Å². The molecule has 0 radical (unpaired) electrons. The van der Waals surface area contributed by atoms with Crippen molar-refractivity contribution in [2.75, 3.05) is 31.2 Å². The lowest BCUT2D eigenvalue weighted by Gasteiger charge is -2.33. The molecule has 2 heterocycles. The van der Waals surface area contributed by atoms with Gasteiger partial charge in [0.05, 0.1) is 11.5 Å². The molecule has 30 heavy (non-hydrogen) atoms. The molecule has 2 aromatic carbocycles. The molecule has 1 amide bonds. The van der Waals surface area contributed by atoms with E-state index in [0.29, 0.717) is 0 Å².